The molecular weight excluding hydrogens is 406 g/mol. The molecule has 1 saturated heterocycles. The van der Waals surface area contributed by atoms with Gasteiger partial charge in [0.25, 0.3) is 0 Å². The largest absolute Gasteiger partial charge is 0.339 e. The molecular formula is C29H39N3O. The Morgan fingerprint density at radius 1 is 0.879 bits per heavy atom. The molecule has 33 heavy (non-hydrogen) atoms. The highest BCUT2D eigenvalue weighted by Crippen LogP contribution is 2.29. The number of hydrogen-bond donors (Lipinski definition) is 0. The van der Waals surface area contributed by atoms with Crippen LogP contribution < -0.4 is 0 Å². The monoisotopic (exact) mass is 445 g/mol. The van der Waals surface area contributed by atoms with Gasteiger partial charge in [-0.2, -0.15) is 0 Å². The Hall–Kier alpha value is -2.17. The minimum atomic E-state index is 0.180. The highest BCUT2D eigenvalue weighted by atomic mass is 16.2. The van der Waals surface area contributed by atoms with Crippen molar-refractivity contribution in [3.05, 3.63) is 59.2 Å². The molecule has 0 atom stereocenters. The summed E-state index contributed by atoms with van der Waals surface area (Å²) in [5.41, 5.74) is 6.94. The number of hydrogen-bond acceptors (Lipinski definition) is 3. The van der Waals surface area contributed by atoms with E-state index in [1.807, 2.05) is 0 Å². The van der Waals surface area contributed by atoms with E-state index in [1.54, 1.807) is 0 Å². The third kappa shape index (κ3) is 5.02. The zero-order chi connectivity index (χ0) is 23.0. The number of fused-ring (bicyclic) bond motifs is 1. The molecule has 2 heterocycles. The van der Waals surface area contributed by atoms with Gasteiger partial charge in [0.05, 0.1) is 6.54 Å². The molecule has 176 valence electrons. The Bertz CT molecular complexity index is 979. The van der Waals surface area contributed by atoms with Crippen LogP contribution in [0.2, 0.25) is 0 Å². The summed E-state index contributed by atoms with van der Waals surface area (Å²) in [6, 6.07) is 16.7. The third-order valence-electron chi connectivity index (χ3n) is 8.00. The number of benzene rings is 2. The summed E-state index contributed by atoms with van der Waals surface area (Å²) in [5, 5.41) is 0. The van der Waals surface area contributed by atoms with E-state index in [4.69, 9.17) is 0 Å². The van der Waals surface area contributed by atoms with E-state index in [-0.39, 0.29) is 5.41 Å². The van der Waals surface area contributed by atoms with Gasteiger partial charge in [0.2, 0.25) is 5.91 Å². The topological polar surface area (TPSA) is 26.8 Å². The lowest BCUT2D eigenvalue weighted by atomic mass is 9.86. The Morgan fingerprint density at radius 2 is 1.58 bits per heavy atom. The SMILES string of the molecule is CC(C)(C)c1ccc(-c2ccc3c(c2)CCN(CC(=O)N2CCN(C4CCC4)CC2)C3)cc1. The van der Waals surface area contributed by atoms with Crippen LogP contribution in [0.5, 0.6) is 0 Å². The van der Waals surface area contributed by atoms with Crippen LogP contribution in [0.1, 0.15) is 56.7 Å². The lowest BCUT2D eigenvalue weighted by Crippen LogP contribution is -2.55. The van der Waals surface area contributed by atoms with Crippen LogP contribution in [0.3, 0.4) is 0 Å². The third-order valence-corrected chi connectivity index (χ3v) is 8.00. The van der Waals surface area contributed by atoms with E-state index in [9.17, 15) is 4.79 Å². The number of piperazine rings is 1. The average Bonchev–Trinajstić information content (AvgIpc) is 2.77. The lowest BCUT2D eigenvalue weighted by molar-refractivity contribution is -0.135. The smallest absolute Gasteiger partial charge is 0.236 e. The van der Waals surface area contributed by atoms with Crippen LogP contribution in [0.4, 0.5) is 0 Å². The molecule has 2 aromatic carbocycles. The number of carbonyl (C=O) groups excluding carboxylic acids is 1. The van der Waals surface area contributed by atoms with E-state index < -0.39 is 0 Å². The fourth-order valence-electron chi connectivity index (χ4n) is 5.47. The van der Waals surface area contributed by atoms with E-state index in [0.717, 1.165) is 51.7 Å². The van der Waals surface area contributed by atoms with Gasteiger partial charge in [-0.1, -0.05) is 69.7 Å². The second-order valence-corrected chi connectivity index (χ2v) is 11.3. The summed E-state index contributed by atoms with van der Waals surface area (Å²) in [6.45, 7) is 13.1. The van der Waals surface area contributed by atoms with Crippen molar-refractivity contribution in [2.24, 2.45) is 0 Å². The zero-order valence-electron chi connectivity index (χ0n) is 20.6. The summed E-state index contributed by atoms with van der Waals surface area (Å²) >= 11 is 0. The van der Waals surface area contributed by atoms with Gasteiger partial charge in [0, 0.05) is 45.3 Å². The van der Waals surface area contributed by atoms with Gasteiger partial charge < -0.3 is 4.90 Å². The van der Waals surface area contributed by atoms with Crippen LogP contribution in [0, 0.1) is 0 Å². The highest BCUT2D eigenvalue weighted by molar-refractivity contribution is 5.78. The van der Waals surface area contributed by atoms with Gasteiger partial charge in [0.1, 0.15) is 0 Å². The maximum Gasteiger partial charge on any atom is 0.236 e. The molecule has 0 aromatic heterocycles. The molecule has 1 saturated carbocycles. The second kappa shape index (κ2) is 9.23. The molecule has 3 aliphatic rings. The molecule has 4 heteroatoms. The Balaban J connectivity index is 1.17. The first-order valence-corrected chi connectivity index (χ1v) is 12.8. The van der Waals surface area contributed by atoms with Crippen molar-refractivity contribution in [2.75, 3.05) is 39.3 Å². The van der Waals surface area contributed by atoms with Gasteiger partial charge in [-0.05, 0) is 52.5 Å². The van der Waals surface area contributed by atoms with Crippen molar-refractivity contribution < 1.29 is 4.79 Å². The molecule has 2 fully saturated rings. The Kier molecular flexibility index (Phi) is 6.32. The molecule has 0 N–H and O–H groups in total. The second-order valence-electron chi connectivity index (χ2n) is 11.3. The van der Waals surface area contributed by atoms with E-state index in [1.165, 1.54) is 47.1 Å². The van der Waals surface area contributed by atoms with Crippen LogP contribution in [-0.2, 0) is 23.2 Å². The van der Waals surface area contributed by atoms with Crippen LogP contribution in [0.25, 0.3) is 11.1 Å². The molecule has 2 aromatic rings. The fraction of sp³-hybridized carbons (Fsp3) is 0.552. The van der Waals surface area contributed by atoms with Gasteiger partial charge in [-0.25, -0.2) is 0 Å². The molecule has 1 amide bonds. The first-order chi connectivity index (χ1) is 15.9. The summed E-state index contributed by atoms with van der Waals surface area (Å²) < 4.78 is 0. The maximum absolute atomic E-state index is 12.9. The fourth-order valence-corrected chi connectivity index (χ4v) is 5.47. The van der Waals surface area contributed by atoms with Crippen molar-refractivity contribution in [1.29, 1.82) is 0 Å². The average molecular weight is 446 g/mol. The summed E-state index contributed by atoms with van der Waals surface area (Å²) in [4.78, 5) is 20.0. The predicted octanol–water partition coefficient (Wildman–Crippen LogP) is 4.71. The number of amides is 1. The zero-order valence-corrected chi connectivity index (χ0v) is 20.6. The Morgan fingerprint density at radius 3 is 2.21 bits per heavy atom. The number of nitrogens with zero attached hydrogens (tertiary/aromatic N) is 3. The minimum absolute atomic E-state index is 0.180. The maximum atomic E-state index is 12.9. The van der Waals surface area contributed by atoms with Crippen molar-refractivity contribution >= 4 is 5.91 Å². The highest BCUT2D eigenvalue weighted by Gasteiger charge is 2.30. The Labute approximate surface area is 199 Å². The van der Waals surface area contributed by atoms with Crippen molar-refractivity contribution in [3.8, 4) is 11.1 Å². The van der Waals surface area contributed by atoms with Crippen LogP contribution >= 0.6 is 0 Å². The van der Waals surface area contributed by atoms with Crippen molar-refractivity contribution in [2.45, 2.75) is 64.5 Å². The normalized spacial score (nSPS) is 20.4. The van der Waals surface area contributed by atoms with E-state index >= 15 is 0 Å². The van der Waals surface area contributed by atoms with Crippen LogP contribution in [0.15, 0.2) is 42.5 Å². The lowest BCUT2D eigenvalue weighted by Gasteiger charge is -2.43. The molecule has 0 radical (unpaired) electrons. The summed E-state index contributed by atoms with van der Waals surface area (Å²) in [6.07, 6.45) is 5.10. The molecule has 5 rings (SSSR count). The van der Waals surface area contributed by atoms with E-state index in [0.29, 0.717) is 12.5 Å². The quantitative estimate of drug-likeness (QED) is 0.682. The van der Waals surface area contributed by atoms with E-state index in [2.05, 4.69) is 77.9 Å². The first-order valence-electron chi connectivity index (χ1n) is 12.8. The molecule has 0 bridgehead atoms. The number of carbonyl (C=O) groups is 1. The summed E-state index contributed by atoms with van der Waals surface area (Å²) in [5.74, 6) is 0.308. The van der Waals surface area contributed by atoms with Gasteiger partial charge in [0.15, 0.2) is 0 Å². The van der Waals surface area contributed by atoms with Crippen molar-refractivity contribution in [3.63, 3.8) is 0 Å². The van der Waals surface area contributed by atoms with Gasteiger partial charge >= 0.3 is 0 Å². The van der Waals surface area contributed by atoms with Crippen molar-refractivity contribution in [1.82, 2.24) is 14.7 Å². The van der Waals surface area contributed by atoms with Gasteiger partial charge in [-0.3, -0.25) is 14.6 Å². The minimum Gasteiger partial charge on any atom is -0.339 e. The first kappa shape index (κ1) is 22.6. The standard InChI is InChI=1S/C29H39N3O/c1-29(2,3)26-11-9-22(10-12-26)23-7-8-25-20-30(14-13-24(25)19-23)21-28(33)32-17-15-31(16-18-32)27-5-4-6-27/h7-12,19,27H,4-6,13-18,20-21H2,1-3H3. The summed E-state index contributed by atoms with van der Waals surface area (Å²) in [7, 11) is 0. The predicted molar refractivity (Wildman–Crippen MR) is 135 cm³/mol. The molecule has 0 spiro atoms. The van der Waals surface area contributed by atoms with Crippen LogP contribution in [-0.4, -0.2) is 65.9 Å². The molecule has 1 aliphatic carbocycles. The molecule has 2 aliphatic heterocycles. The molecule has 0 unspecified atom stereocenters. The van der Waals surface area contributed by atoms with Gasteiger partial charge in [-0.15, -0.1) is 0 Å². The molecule has 4 nitrogen and oxygen atoms in total. The number of rotatable bonds is 4.